The van der Waals surface area contributed by atoms with Crippen molar-refractivity contribution >= 4 is 97.4 Å². The first-order chi connectivity index (χ1) is 36.7. The Morgan fingerprint density at radius 3 is 2.11 bits per heavy atom. The van der Waals surface area contributed by atoms with E-state index in [0.29, 0.717) is 66.5 Å². The van der Waals surface area contributed by atoms with Gasteiger partial charge in [-0.15, -0.1) is 23.5 Å². The lowest BCUT2D eigenvalue weighted by molar-refractivity contribution is -0.121. The zero-order chi connectivity index (χ0) is 51.5. The maximum absolute atomic E-state index is 12.9. The van der Waals surface area contributed by atoms with Crippen LogP contribution in [0.5, 0.6) is 11.6 Å². The van der Waals surface area contributed by atoms with Gasteiger partial charge in [-0.25, -0.2) is 9.97 Å². The number of carbonyl (C=O) groups is 4. The Labute approximate surface area is 443 Å². The minimum absolute atomic E-state index is 0.00327. The molecule has 4 aromatic heterocycles. The van der Waals surface area contributed by atoms with Crippen molar-refractivity contribution in [3.63, 3.8) is 0 Å². The number of hydrogen-bond acceptors (Lipinski definition) is 15. The molecule has 2 saturated carbocycles. The number of thioether (sulfide) groups is 2. The molecule has 7 aromatic rings. The highest BCUT2D eigenvalue weighted by molar-refractivity contribution is 8.00. The Balaban J connectivity index is 0.000000142. The minimum Gasteiger partial charge on any atom is -0.483 e. The summed E-state index contributed by atoms with van der Waals surface area (Å²) in [6.45, 7) is 2.50. The van der Waals surface area contributed by atoms with Crippen LogP contribution in [0.15, 0.2) is 126 Å². The molecule has 5 aliphatic rings. The predicted molar refractivity (Wildman–Crippen MR) is 295 cm³/mol. The second-order valence-corrected chi connectivity index (χ2v) is 21.0. The highest BCUT2D eigenvalue weighted by atomic mass is 32.2. The number of nitrogen functional groups attached to an aromatic ring is 1. The third kappa shape index (κ3) is 13.1. The molecule has 7 heterocycles. The van der Waals surface area contributed by atoms with Crippen molar-refractivity contribution < 1.29 is 28.7 Å². The van der Waals surface area contributed by atoms with E-state index in [2.05, 4.69) is 70.0 Å². The average Bonchev–Trinajstić information content (AvgIpc) is 3.45. The summed E-state index contributed by atoms with van der Waals surface area (Å²) in [4.78, 5) is 68.1. The predicted octanol–water partition coefficient (Wildman–Crippen LogP) is 8.96. The van der Waals surface area contributed by atoms with Crippen molar-refractivity contribution in [1.29, 1.82) is 0 Å². The summed E-state index contributed by atoms with van der Waals surface area (Å²) >= 11 is 3.10. The lowest BCUT2D eigenvalue weighted by Gasteiger charge is -2.29. The lowest BCUT2D eigenvalue weighted by Crippen LogP contribution is -2.36. The number of nitrogens with zero attached hydrogens (tertiary/aromatic N) is 4. The average molecular weight is 1050 g/mol. The molecule has 3 aromatic carbocycles. The fraction of sp³-hybridized carbons (Fsp3) is 0.321. The first-order valence-corrected chi connectivity index (χ1v) is 27.4. The van der Waals surface area contributed by atoms with E-state index in [1.807, 2.05) is 72.9 Å². The molecule has 0 bridgehead atoms. The molecule has 0 atom stereocenters. The standard InChI is InChI=1S/C25H26N4O2S.C24H25N5O2S.C7H8N2O2/c30-24-15-32-23-9-4-16(12-22(23)28-24)13-27-19-7-5-17(6-8-19)25(31)29-21-3-1-2-18-14-26-11-10-20(18)21;30-22-14-32-21-10-9-17(27-23(21)29-22)13-26-16-7-5-15(6-8-16)24(31)28-20-11-12-25-19-4-2-1-3-18(19)20;8-5-1-2-9-7-6(5)10-3-4-11-7/h1-4,9-12,14,17,19,27H,5-8,13,15H2,(H,28,30)(H,29,31);1-4,9-12,15-16,26H,5-8,13-14H2,(H,25,28,31)(H,27,29,30);1-2H,3-4H2,(H2,8,9)/t17-,19-;15-,16-;. The monoisotopic (exact) mass is 1050 g/mol. The summed E-state index contributed by atoms with van der Waals surface area (Å²) < 4.78 is 10.4. The van der Waals surface area contributed by atoms with Gasteiger partial charge in [-0.1, -0.05) is 36.4 Å². The van der Waals surface area contributed by atoms with Gasteiger partial charge in [-0.2, -0.15) is 0 Å². The molecular weight excluding hydrogens is 987 g/mol. The zero-order valence-electron chi connectivity index (χ0n) is 41.3. The van der Waals surface area contributed by atoms with Crippen LogP contribution in [0.2, 0.25) is 0 Å². The first kappa shape index (κ1) is 51.2. The number of rotatable bonds is 10. The number of hydrogen-bond donors (Lipinski definition) is 7. The van der Waals surface area contributed by atoms with Crippen LogP contribution >= 0.6 is 23.5 Å². The van der Waals surface area contributed by atoms with Crippen molar-refractivity contribution in [2.45, 2.75) is 86.3 Å². The van der Waals surface area contributed by atoms with Crippen molar-refractivity contribution in [2.75, 3.05) is 51.7 Å². The maximum atomic E-state index is 12.9. The van der Waals surface area contributed by atoms with Crippen LogP contribution in [0, 0.1) is 11.8 Å². The molecule has 75 heavy (non-hydrogen) atoms. The van der Waals surface area contributed by atoms with Gasteiger partial charge >= 0.3 is 0 Å². The van der Waals surface area contributed by atoms with E-state index in [9.17, 15) is 19.2 Å². The van der Waals surface area contributed by atoms with E-state index < -0.39 is 0 Å². The molecule has 2 fully saturated rings. The molecule has 0 unspecified atom stereocenters. The second-order valence-electron chi connectivity index (χ2n) is 19.0. The van der Waals surface area contributed by atoms with Crippen LogP contribution in [-0.4, -0.2) is 80.4 Å². The summed E-state index contributed by atoms with van der Waals surface area (Å²) in [5.74, 6) is 2.97. The number of benzene rings is 3. The van der Waals surface area contributed by atoms with E-state index in [1.165, 1.54) is 11.8 Å². The number of aromatic nitrogens is 4. The molecule has 4 amide bonds. The Morgan fingerprint density at radius 1 is 0.653 bits per heavy atom. The van der Waals surface area contributed by atoms with Crippen molar-refractivity contribution in [3.8, 4) is 11.6 Å². The number of fused-ring (bicyclic) bond motifs is 5. The molecule has 17 nitrogen and oxygen atoms in total. The normalized spacial score (nSPS) is 19.6. The fourth-order valence-electron chi connectivity index (χ4n) is 9.85. The van der Waals surface area contributed by atoms with Gasteiger partial charge in [0.15, 0.2) is 0 Å². The Hall–Kier alpha value is -7.32. The number of pyridine rings is 4. The Bertz CT molecular complexity index is 3010. The molecule has 2 aliphatic carbocycles. The SMILES string of the molecule is Nc1ccnc2c1OCCO2.O=C1CSc2ccc(CN[C@H]3CC[C@H](C(=O)Nc4cccc5cnccc45)CC3)cc2N1.O=C1CSc2ccc(CN[C@H]3CC[C@H](C(=O)Nc4ccnc5ccccc45)CC3)nc2N1. The number of carbonyl (C=O) groups excluding carboxylic acids is 4. The van der Waals surface area contributed by atoms with Crippen molar-refractivity contribution in [2.24, 2.45) is 11.8 Å². The van der Waals surface area contributed by atoms with Gasteiger partial charge in [0.25, 0.3) is 5.88 Å². The summed E-state index contributed by atoms with van der Waals surface area (Å²) in [5.41, 5.74) is 11.7. The molecule has 12 rings (SSSR count). The molecule has 8 N–H and O–H groups in total. The van der Waals surface area contributed by atoms with Gasteiger partial charge in [0.05, 0.1) is 44.7 Å². The van der Waals surface area contributed by atoms with Crippen LogP contribution in [0.3, 0.4) is 0 Å². The highest BCUT2D eigenvalue weighted by Gasteiger charge is 2.29. The molecule has 0 saturated heterocycles. The summed E-state index contributed by atoms with van der Waals surface area (Å²) in [7, 11) is 0. The fourth-order valence-corrected chi connectivity index (χ4v) is 11.4. The van der Waals surface area contributed by atoms with Crippen LogP contribution in [-0.2, 0) is 32.3 Å². The van der Waals surface area contributed by atoms with E-state index in [1.54, 1.807) is 36.4 Å². The Kier molecular flexibility index (Phi) is 16.6. The first-order valence-electron chi connectivity index (χ1n) is 25.4. The summed E-state index contributed by atoms with van der Waals surface area (Å²) in [6.07, 6.45) is 14.2. The molecule has 0 radical (unpaired) electrons. The van der Waals surface area contributed by atoms with Gasteiger partial charge in [0, 0.05) is 88.5 Å². The van der Waals surface area contributed by atoms with Crippen molar-refractivity contribution in [3.05, 3.63) is 127 Å². The zero-order valence-corrected chi connectivity index (χ0v) is 42.9. The van der Waals surface area contributed by atoms with E-state index in [-0.39, 0.29) is 35.5 Å². The molecule has 3 aliphatic heterocycles. The molecule has 0 spiro atoms. The number of ether oxygens (including phenoxy) is 2. The van der Waals surface area contributed by atoms with E-state index >= 15 is 0 Å². The van der Waals surface area contributed by atoms with Gasteiger partial charge in [-0.3, -0.25) is 29.1 Å². The molecule has 386 valence electrons. The number of nitrogens with one attached hydrogen (secondary N) is 6. The Morgan fingerprint density at radius 2 is 1.33 bits per heavy atom. The van der Waals surface area contributed by atoms with Crippen molar-refractivity contribution in [1.82, 2.24) is 30.6 Å². The van der Waals surface area contributed by atoms with E-state index in [4.69, 9.17) is 15.2 Å². The molecular formula is C56H59N11O6S2. The number of amides is 4. The van der Waals surface area contributed by atoms with Gasteiger partial charge in [0.1, 0.15) is 19.0 Å². The van der Waals surface area contributed by atoms with Gasteiger partial charge in [-0.05, 0) is 112 Å². The van der Waals surface area contributed by atoms with Gasteiger partial charge in [0.2, 0.25) is 29.4 Å². The quantitative estimate of drug-likeness (QED) is 0.0677. The third-order valence-electron chi connectivity index (χ3n) is 13.9. The smallest absolute Gasteiger partial charge is 0.259 e. The summed E-state index contributed by atoms with van der Waals surface area (Å²) in [6, 6.07) is 30.3. The van der Waals surface area contributed by atoms with Gasteiger partial charge < -0.3 is 47.1 Å². The van der Waals surface area contributed by atoms with E-state index in [0.717, 1.165) is 118 Å². The number of para-hydroxylation sites is 1. The van der Waals surface area contributed by atoms with Crippen LogP contribution in [0.4, 0.5) is 28.6 Å². The van der Waals surface area contributed by atoms with Crippen LogP contribution < -0.4 is 47.1 Å². The van der Waals surface area contributed by atoms with Crippen LogP contribution in [0.1, 0.15) is 62.6 Å². The largest absolute Gasteiger partial charge is 0.483 e. The number of nitrogens with two attached hydrogens (primary N) is 1. The third-order valence-corrected chi connectivity index (χ3v) is 16.0. The lowest BCUT2D eigenvalue weighted by atomic mass is 9.85. The topological polar surface area (TPSA) is 236 Å². The maximum Gasteiger partial charge on any atom is 0.259 e. The second kappa shape index (κ2) is 24.4. The van der Waals surface area contributed by atoms with Crippen LogP contribution in [0.25, 0.3) is 21.7 Å². The minimum atomic E-state index is -0.00327. The molecule has 19 heteroatoms. The number of anilines is 5. The highest BCUT2D eigenvalue weighted by Crippen LogP contribution is 2.35. The summed E-state index contributed by atoms with van der Waals surface area (Å²) in [5, 5.41) is 22.3.